The van der Waals surface area contributed by atoms with Gasteiger partial charge in [-0.15, -0.1) is 0 Å². The van der Waals surface area contributed by atoms with Gasteiger partial charge in [0, 0.05) is 18.6 Å². The van der Waals surface area contributed by atoms with Gasteiger partial charge < -0.3 is 10.4 Å². The van der Waals surface area contributed by atoms with Crippen LogP contribution < -0.4 is 5.32 Å². The molecule has 8 rings (SSSR count). The zero-order valence-corrected chi connectivity index (χ0v) is 36.8. The highest BCUT2D eigenvalue weighted by atomic mass is 32.2. The van der Waals surface area contributed by atoms with Crippen molar-refractivity contribution in [1.29, 1.82) is 0 Å². The van der Waals surface area contributed by atoms with Crippen LogP contribution in [0.25, 0.3) is 5.57 Å². The average molecular weight is 801 g/mol. The molecule has 7 aliphatic rings. The summed E-state index contributed by atoms with van der Waals surface area (Å²) in [6.45, 7) is 20.6. The number of fused-ring (bicyclic) bond motifs is 7. The van der Waals surface area contributed by atoms with Crippen LogP contribution in [0.2, 0.25) is 0 Å². The molecular weight excluding hydrogens is 729 g/mol. The highest BCUT2D eigenvalue weighted by Crippen LogP contribution is 2.76. The second kappa shape index (κ2) is 14.6. The van der Waals surface area contributed by atoms with Gasteiger partial charge in [0.25, 0.3) is 0 Å². The first-order valence-corrected chi connectivity index (χ1v) is 24.6. The summed E-state index contributed by atoms with van der Waals surface area (Å²) in [6, 6.07) is 7.28. The molecule has 8 heteroatoms. The average Bonchev–Trinajstić information content (AvgIpc) is 3.54. The van der Waals surface area contributed by atoms with Crippen LogP contribution in [0, 0.1) is 57.2 Å². The van der Waals surface area contributed by atoms with E-state index in [1.807, 2.05) is 12.1 Å². The minimum absolute atomic E-state index is 0.0357. The van der Waals surface area contributed by atoms with Gasteiger partial charge in [-0.05, 0) is 152 Å². The lowest BCUT2D eigenvalue weighted by Crippen LogP contribution is -2.69. The fraction of sp³-hybridized carbons (Fsp3) is 0.755. The first-order valence-electron chi connectivity index (χ1n) is 22.8. The molecule has 1 aliphatic heterocycles. The standard InChI is InChI=1S/C49H72N2O5S/c1-32(2)36-19-24-49(50-43(52)39(31-33-11-9-8-10-12-33)51-27-29-57(55,56)30-28-51)26-25-47(6)38(42(36)49)17-18-41-46(5)22-20-37(34-13-15-35(16-14-34)44(53)54)45(3,4)40(46)21-23-48(41,47)7/h13-16,20,33,36,38-42H,1,8-12,17-19,21-31H2,2-7H3,(H,50,52)(H,53,54)/t36-,38+,39?,40-,41+,42+,46-,47+,48+,49-/m0/s1. The van der Waals surface area contributed by atoms with Crippen LogP contribution in [0.4, 0.5) is 0 Å². The van der Waals surface area contributed by atoms with Crippen molar-refractivity contribution in [2.75, 3.05) is 24.6 Å². The fourth-order valence-electron chi connectivity index (χ4n) is 15.8. The van der Waals surface area contributed by atoms with Gasteiger partial charge in [-0.3, -0.25) is 9.69 Å². The van der Waals surface area contributed by atoms with Gasteiger partial charge in [-0.25, -0.2) is 13.2 Å². The van der Waals surface area contributed by atoms with E-state index in [0.717, 1.165) is 44.1 Å². The molecule has 1 aromatic rings. The molecule has 314 valence electrons. The van der Waals surface area contributed by atoms with Crippen LogP contribution in [0.1, 0.15) is 154 Å². The lowest BCUT2D eigenvalue weighted by Gasteiger charge is -2.72. The minimum Gasteiger partial charge on any atom is -0.478 e. The summed E-state index contributed by atoms with van der Waals surface area (Å²) >= 11 is 0. The van der Waals surface area contributed by atoms with Crippen LogP contribution in [0.3, 0.4) is 0 Å². The van der Waals surface area contributed by atoms with Crippen molar-refractivity contribution in [2.24, 2.45) is 57.2 Å². The van der Waals surface area contributed by atoms with Crippen LogP contribution >= 0.6 is 0 Å². The molecule has 10 atom stereocenters. The minimum atomic E-state index is -3.05. The molecule has 5 saturated carbocycles. The zero-order valence-electron chi connectivity index (χ0n) is 36.0. The number of carbonyl (C=O) groups excluding carboxylic acids is 1. The maximum atomic E-state index is 15.0. The lowest BCUT2D eigenvalue weighted by atomic mass is 9.33. The van der Waals surface area contributed by atoms with Gasteiger partial charge in [0.1, 0.15) is 0 Å². The smallest absolute Gasteiger partial charge is 0.335 e. The Morgan fingerprint density at radius 1 is 0.860 bits per heavy atom. The second-order valence-corrected chi connectivity index (χ2v) is 24.0. The molecule has 1 saturated heterocycles. The Hall–Kier alpha value is -2.45. The molecular formula is C49H72N2O5S. The first-order chi connectivity index (χ1) is 26.9. The predicted molar refractivity (Wildman–Crippen MR) is 229 cm³/mol. The van der Waals surface area contributed by atoms with Crippen LogP contribution in [0.5, 0.6) is 0 Å². The number of amides is 1. The van der Waals surface area contributed by atoms with E-state index >= 15 is 0 Å². The fourth-order valence-corrected chi connectivity index (χ4v) is 17.0. The molecule has 1 unspecified atom stereocenters. The third kappa shape index (κ3) is 6.72. The quantitative estimate of drug-likeness (QED) is 0.254. The van der Waals surface area contributed by atoms with Crippen molar-refractivity contribution in [3.8, 4) is 0 Å². The monoisotopic (exact) mass is 801 g/mol. The van der Waals surface area contributed by atoms with Crippen molar-refractivity contribution in [3.63, 3.8) is 0 Å². The number of sulfone groups is 1. The molecule has 0 spiro atoms. The van der Waals surface area contributed by atoms with Gasteiger partial charge in [0.15, 0.2) is 9.84 Å². The van der Waals surface area contributed by atoms with Crippen molar-refractivity contribution in [3.05, 3.63) is 53.6 Å². The highest BCUT2D eigenvalue weighted by molar-refractivity contribution is 7.91. The molecule has 0 aromatic heterocycles. The molecule has 0 bridgehead atoms. The molecule has 1 heterocycles. The van der Waals surface area contributed by atoms with E-state index in [0.29, 0.717) is 54.2 Å². The Bertz CT molecular complexity index is 1880. The third-order valence-electron chi connectivity index (χ3n) is 18.9. The van der Waals surface area contributed by atoms with Crippen LogP contribution in [-0.2, 0) is 14.6 Å². The number of benzene rings is 1. The Labute approximate surface area is 344 Å². The summed E-state index contributed by atoms with van der Waals surface area (Å²) in [5, 5.41) is 13.4. The summed E-state index contributed by atoms with van der Waals surface area (Å²) < 4.78 is 25.0. The lowest BCUT2D eigenvalue weighted by molar-refractivity contribution is -0.219. The Kier molecular flexibility index (Phi) is 10.6. The third-order valence-corrected chi connectivity index (χ3v) is 20.5. The predicted octanol–water partition coefficient (Wildman–Crippen LogP) is 9.97. The van der Waals surface area contributed by atoms with Crippen molar-refractivity contribution < 1.29 is 23.1 Å². The van der Waals surface area contributed by atoms with Gasteiger partial charge in [0.2, 0.25) is 5.91 Å². The number of carbonyl (C=O) groups is 2. The summed E-state index contributed by atoms with van der Waals surface area (Å²) in [5.74, 6) is 2.50. The molecule has 2 N–H and O–H groups in total. The van der Waals surface area contributed by atoms with E-state index in [2.05, 4.69) is 64.4 Å². The summed E-state index contributed by atoms with van der Waals surface area (Å²) in [4.78, 5) is 28.8. The number of hydrogen-bond donors (Lipinski definition) is 2. The Balaban J connectivity index is 1.08. The van der Waals surface area contributed by atoms with Crippen molar-refractivity contribution in [1.82, 2.24) is 10.2 Å². The zero-order chi connectivity index (χ0) is 40.8. The number of nitrogens with zero attached hydrogens (tertiary/aromatic N) is 1. The summed E-state index contributed by atoms with van der Waals surface area (Å²) in [5.41, 5.74) is 4.32. The maximum absolute atomic E-state index is 15.0. The first kappa shape index (κ1) is 41.3. The largest absolute Gasteiger partial charge is 0.478 e. The van der Waals surface area contributed by atoms with Gasteiger partial charge >= 0.3 is 5.97 Å². The SMILES string of the molecule is C=C(C)[C@@H]1CC[C@]2(NC(=O)C(CC3CCCCC3)N3CCS(=O)(=O)CC3)CC[C@]3(C)[C@H](CC[C@@H]4[C@@]5(C)CC=C(c6ccc(C(=O)O)cc6)C(C)(C)[C@@H]5CC[C@]43C)[C@@H]12. The highest BCUT2D eigenvalue weighted by Gasteiger charge is 2.70. The molecule has 1 amide bonds. The van der Waals surface area contributed by atoms with E-state index < -0.39 is 15.8 Å². The number of carboxylic acid groups (broad SMARTS) is 1. The van der Waals surface area contributed by atoms with Crippen molar-refractivity contribution in [2.45, 2.75) is 149 Å². The molecule has 6 fully saturated rings. The summed E-state index contributed by atoms with van der Waals surface area (Å²) in [6.07, 6.45) is 19.5. The number of aromatic carboxylic acids is 1. The normalized spacial score (nSPS) is 40.7. The number of hydrogen-bond acceptors (Lipinski definition) is 5. The molecule has 7 nitrogen and oxygen atoms in total. The molecule has 57 heavy (non-hydrogen) atoms. The van der Waals surface area contributed by atoms with Crippen LogP contribution in [-0.4, -0.2) is 66.5 Å². The van der Waals surface area contributed by atoms with Crippen LogP contribution in [0.15, 0.2) is 42.5 Å². The van der Waals surface area contributed by atoms with E-state index in [1.165, 1.54) is 68.9 Å². The van der Waals surface area contributed by atoms with Gasteiger partial charge in [0.05, 0.1) is 23.1 Å². The Morgan fingerprint density at radius 3 is 2.19 bits per heavy atom. The molecule has 6 aliphatic carbocycles. The van der Waals surface area contributed by atoms with Gasteiger partial charge in [-0.1, -0.05) is 97.1 Å². The van der Waals surface area contributed by atoms with E-state index in [4.69, 9.17) is 0 Å². The second-order valence-electron chi connectivity index (χ2n) is 21.7. The van der Waals surface area contributed by atoms with Gasteiger partial charge in [-0.2, -0.15) is 0 Å². The van der Waals surface area contributed by atoms with E-state index in [1.54, 1.807) is 12.1 Å². The van der Waals surface area contributed by atoms with E-state index in [-0.39, 0.29) is 50.7 Å². The summed E-state index contributed by atoms with van der Waals surface area (Å²) in [7, 11) is -3.05. The molecule has 0 radical (unpaired) electrons. The number of nitrogens with one attached hydrogen (secondary N) is 1. The van der Waals surface area contributed by atoms with Crippen molar-refractivity contribution >= 4 is 27.3 Å². The Morgan fingerprint density at radius 2 is 1.54 bits per heavy atom. The number of allylic oxidation sites excluding steroid dienone is 3. The molecule has 1 aromatic carbocycles. The number of rotatable bonds is 8. The maximum Gasteiger partial charge on any atom is 0.335 e. The van der Waals surface area contributed by atoms with E-state index in [9.17, 15) is 23.1 Å². The number of carboxylic acids is 1. The topological polar surface area (TPSA) is 104 Å².